The second kappa shape index (κ2) is 13.3. The van der Waals surface area contributed by atoms with Gasteiger partial charge >= 0.3 is 0 Å². The average molecular weight is 613 g/mol. The van der Waals surface area contributed by atoms with Gasteiger partial charge in [-0.1, -0.05) is 90.3 Å². The van der Waals surface area contributed by atoms with Gasteiger partial charge in [0.15, 0.2) is 0 Å². The monoisotopic (exact) mass is 611 g/mol. The van der Waals surface area contributed by atoms with E-state index < -0.39 is 28.5 Å². The van der Waals surface area contributed by atoms with E-state index in [-0.39, 0.29) is 23.4 Å². The Balaban J connectivity index is 1.69. The molecular weight excluding hydrogens is 578 g/mol. The van der Waals surface area contributed by atoms with Crippen molar-refractivity contribution in [1.29, 1.82) is 0 Å². The van der Waals surface area contributed by atoms with Gasteiger partial charge < -0.3 is 10.2 Å². The van der Waals surface area contributed by atoms with Crippen molar-refractivity contribution in [2.75, 3.05) is 10.8 Å². The molecule has 1 fully saturated rings. The van der Waals surface area contributed by atoms with E-state index >= 15 is 0 Å². The minimum Gasteiger partial charge on any atom is -0.352 e. The molecule has 1 atom stereocenters. The molecule has 0 saturated heterocycles. The zero-order valence-corrected chi connectivity index (χ0v) is 24.4. The van der Waals surface area contributed by atoms with Gasteiger partial charge in [-0.05, 0) is 55.2 Å². The Morgan fingerprint density at radius 3 is 2.21 bits per heavy atom. The third kappa shape index (κ3) is 7.28. The lowest BCUT2D eigenvalue weighted by atomic mass is 10.1. The molecule has 4 rings (SSSR count). The Kier molecular flexibility index (Phi) is 9.80. The van der Waals surface area contributed by atoms with Crippen LogP contribution in [0.2, 0.25) is 0 Å². The van der Waals surface area contributed by atoms with Gasteiger partial charge in [0.05, 0.1) is 10.6 Å². The topological polar surface area (TPSA) is 86.8 Å². The Morgan fingerprint density at radius 2 is 1.59 bits per heavy atom. The van der Waals surface area contributed by atoms with Gasteiger partial charge in [0.2, 0.25) is 11.8 Å². The zero-order chi connectivity index (χ0) is 27.8. The predicted octanol–water partition coefficient (Wildman–Crippen LogP) is 5.51. The van der Waals surface area contributed by atoms with Crippen molar-refractivity contribution in [3.63, 3.8) is 0 Å². The van der Waals surface area contributed by atoms with Crippen LogP contribution in [0.25, 0.3) is 0 Å². The van der Waals surface area contributed by atoms with Crippen molar-refractivity contribution in [2.45, 2.75) is 62.6 Å². The van der Waals surface area contributed by atoms with Crippen molar-refractivity contribution >= 4 is 43.5 Å². The first-order valence-electron chi connectivity index (χ1n) is 13.3. The van der Waals surface area contributed by atoms with Crippen molar-refractivity contribution in [2.24, 2.45) is 0 Å². The van der Waals surface area contributed by atoms with E-state index in [0.717, 1.165) is 35.6 Å². The van der Waals surface area contributed by atoms with E-state index in [0.29, 0.717) is 16.6 Å². The van der Waals surface area contributed by atoms with E-state index in [1.165, 1.54) is 17.0 Å². The Bertz CT molecular complexity index is 1360. The molecule has 0 bridgehead atoms. The summed E-state index contributed by atoms with van der Waals surface area (Å²) in [7, 11) is -4.08. The maximum Gasteiger partial charge on any atom is 0.264 e. The summed E-state index contributed by atoms with van der Waals surface area (Å²) in [6.45, 7) is 1.61. The molecule has 39 heavy (non-hydrogen) atoms. The predicted molar refractivity (Wildman–Crippen MR) is 157 cm³/mol. The van der Waals surface area contributed by atoms with Gasteiger partial charge in [0.1, 0.15) is 12.6 Å². The highest BCUT2D eigenvalue weighted by Gasteiger charge is 2.34. The normalized spacial score (nSPS) is 14.5. The van der Waals surface area contributed by atoms with Crippen LogP contribution in [-0.2, 0) is 26.2 Å². The Hall–Kier alpha value is -3.17. The van der Waals surface area contributed by atoms with Crippen LogP contribution in [-0.4, -0.2) is 43.8 Å². The lowest BCUT2D eigenvalue weighted by Crippen LogP contribution is -2.53. The van der Waals surface area contributed by atoms with E-state index in [4.69, 9.17) is 0 Å². The van der Waals surface area contributed by atoms with Crippen LogP contribution < -0.4 is 9.62 Å². The number of amides is 2. The molecule has 0 heterocycles. The third-order valence-electron chi connectivity index (χ3n) is 6.99. The van der Waals surface area contributed by atoms with Gasteiger partial charge in [0, 0.05) is 17.1 Å². The van der Waals surface area contributed by atoms with Crippen LogP contribution >= 0.6 is 15.9 Å². The minimum absolute atomic E-state index is 0.0819. The van der Waals surface area contributed by atoms with Crippen LogP contribution in [0.1, 0.15) is 44.6 Å². The molecule has 0 unspecified atom stereocenters. The maximum absolute atomic E-state index is 14.1. The first kappa shape index (κ1) is 28.8. The molecule has 3 aromatic rings. The fourth-order valence-corrected chi connectivity index (χ4v) is 6.76. The molecule has 1 aliphatic carbocycles. The molecule has 1 saturated carbocycles. The summed E-state index contributed by atoms with van der Waals surface area (Å²) < 4.78 is 29.5. The summed E-state index contributed by atoms with van der Waals surface area (Å²) in [6, 6.07) is 23.7. The number of benzene rings is 3. The number of nitrogens with zero attached hydrogens (tertiary/aromatic N) is 2. The molecule has 3 aromatic carbocycles. The molecule has 9 heteroatoms. The van der Waals surface area contributed by atoms with Crippen LogP contribution in [0.5, 0.6) is 0 Å². The molecule has 1 N–H and O–H groups in total. The standard InChI is InChI=1S/C30H34BrN3O4S/c1-2-28(30(36)32-25-15-9-10-16-25)33(21-23-12-5-3-6-13-23)29(35)22-34(26-17-11-14-24(31)20-26)39(37,38)27-18-7-4-8-19-27/h3-8,11-14,17-20,25,28H,2,9-10,15-16,21-22H2,1H3,(H,32,36)/t28-/m0/s1. The highest BCUT2D eigenvalue weighted by molar-refractivity contribution is 9.10. The van der Waals surface area contributed by atoms with Crippen LogP contribution in [0, 0.1) is 0 Å². The number of anilines is 1. The minimum atomic E-state index is -4.08. The summed E-state index contributed by atoms with van der Waals surface area (Å²) >= 11 is 3.42. The lowest BCUT2D eigenvalue weighted by molar-refractivity contribution is -0.140. The highest BCUT2D eigenvalue weighted by atomic mass is 79.9. The summed E-state index contributed by atoms with van der Waals surface area (Å²) in [6.07, 6.45) is 4.42. The number of hydrogen-bond donors (Lipinski definition) is 1. The van der Waals surface area contributed by atoms with E-state index in [1.54, 1.807) is 42.5 Å². The molecule has 206 valence electrons. The fraction of sp³-hybridized carbons (Fsp3) is 0.333. The van der Waals surface area contributed by atoms with Gasteiger partial charge in [-0.3, -0.25) is 13.9 Å². The van der Waals surface area contributed by atoms with Crippen molar-refractivity contribution in [3.8, 4) is 0 Å². The maximum atomic E-state index is 14.1. The Labute approximate surface area is 239 Å². The number of rotatable bonds is 11. The van der Waals surface area contributed by atoms with Crippen LogP contribution in [0.4, 0.5) is 5.69 Å². The number of sulfonamides is 1. The molecule has 0 aromatic heterocycles. The fourth-order valence-electron chi connectivity index (χ4n) is 4.95. The highest BCUT2D eigenvalue weighted by Crippen LogP contribution is 2.27. The first-order chi connectivity index (χ1) is 18.8. The quantitative estimate of drug-likeness (QED) is 0.310. The van der Waals surface area contributed by atoms with Gasteiger partial charge in [0.25, 0.3) is 10.0 Å². The first-order valence-corrected chi connectivity index (χ1v) is 15.5. The number of carbonyl (C=O) groups excluding carboxylic acids is 2. The molecular formula is C30H34BrN3O4S. The lowest BCUT2D eigenvalue weighted by Gasteiger charge is -2.33. The number of hydrogen-bond acceptors (Lipinski definition) is 4. The number of halogens is 1. The van der Waals surface area contributed by atoms with Crippen LogP contribution in [0.15, 0.2) is 94.3 Å². The molecule has 1 aliphatic rings. The van der Waals surface area contributed by atoms with Gasteiger partial charge in [-0.2, -0.15) is 0 Å². The molecule has 0 aliphatic heterocycles. The van der Waals surface area contributed by atoms with Crippen molar-refractivity contribution in [1.82, 2.24) is 10.2 Å². The SMILES string of the molecule is CC[C@@H](C(=O)NC1CCCC1)N(Cc1ccccc1)C(=O)CN(c1cccc(Br)c1)S(=O)(=O)c1ccccc1. The molecule has 0 radical (unpaired) electrons. The molecule has 7 nitrogen and oxygen atoms in total. The summed E-state index contributed by atoms with van der Waals surface area (Å²) in [5.41, 5.74) is 1.21. The smallest absolute Gasteiger partial charge is 0.264 e. The van der Waals surface area contributed by atoms with Crippen molar-refractivity contribution < 1.29 is 18.0 Å². The Morgan fingerprint density at radius 1 is 0.949 bits per heavy atom. The molecule has 2 amide bonds. The van der Waals surface area contributed by atoms with E-state index in [2.05, 4.69) is 21.2 Å². The number of carbonyl (C=O) groups is 2. The van der Waals surface area contributed by atoms with Crippen LogP contribution in [0.3, 0.4) is 0 Å². The average Bonchev–Trinajstić information content (AvgIpc) is 3.45. The van der Waals surface area contributed by atoms with Gasteiger partial charge in [-0.15, -0.1) is 0 Å². The number of nitrogens with one attached hydrogen (secondary N) is 1. The molecule has 0 spiro atoms. The second-order valence-corrected chi connectivity index (χ2v) is 12.5. The third-order valence-corrected chi connectivity index (χ3v) is 9.27. The zero-order valence-electron chi connectivity index (χ0n) is 22.0. The second-order valence-electron chi connectivity index (χ2n) is 9.73. The summed E-state index contributed by atoms with van der Waals surface area (Å²) in [5.74, 6) is -0.652. The van der Waals surface area contributed by atoms with E-state index in [1.807, 2.05) is 37.3 Å². The van der Waals surface area contributed by atoms with Gasteiger partial charge in [-0.25, -0.2) is 8.42 Å². The largest absolute Gasteiger partial charge is 0.352 e. The summed E-state index contributed by atoms with van der Waals surface area (Å²) in [4.78, 5) is 29.1. The van der Waals surface area contributed by atoms with E-state index in [9.17, 15) is 18.0 Å². The van der Waals surface area contributed by atoms with Crippen molar-refractivity contribution in [3.05, 3.63) is 95.0 Å². The summed E-state index contributed by atoms with van der Waals surface area (Å²) in [5, 5.41) is 3.13.